The summed E-state index contributed by atoms with van der Waals surface area (Å²) < 4.78 is 28.7. The number of anilines is 1. The summed E-state index contributed by atoms with van der Waals surface area (Å²) >= 11 is 0. The topological polar surface area (TPSA) is 24.3 Å². The van der Waals surface area contributed by atoms with Gasteiger partial charge in [-0.15, -0.1) is 0 Å². The van der Waals surface area contributed by atoms with Gasteiger partial charge in [-0.3, -0.25) is 4.90 Å². The minimum absolute atomic E-state index is 0.432. The number of fused-ring (bicyclic) bond motifs is 3. The van der Waals surface area contributed by atoms with E-state index in [1.807, 2.05) is 18.2 Å². The van der Waals surface area contributed by atoms with Crippen molar-refractivity contribution in [2.75, 3.05) is 18.0 Å². The zero-order valence-electron chi connectivity index (χ0n) is 14.6. The van der Waals surface area contributed by atoms with Gasteiger partial charge < -0.3 is 9.47 Å². The van der Waals surface area contributed by atoms with Crippen LogP contribution in [-0.4, -0.2) is 39.6 Å². The van der Waals surface area contributed by atoms with Crippen molar-refractivity contribution in [3.05, 3.63) is 59.7 Å². The van der Waals surface area contributed by atoms with Gasteiger partial charge >= 0.3 is 0 Å². The molecule has 2 unspecified atom stereocenters. The van der Waals surface area contributed by atoms with Crippen molar-refractivity contribution in [3.63, 3.8) is 0 Å². The van der Waals surface area contributed by atoms with Crippen molar-refractivity contribution in [1.82, 2.24) is 14.5 Å². The van der Waals surface area contributed by atoms with Gasteiger partial charge in [0.15, 0.2) is 11.6 Å². The van der Waals surface area contributed by atoms with Crippen LogP contribution in [0.1, 0.15) is 12.0 Å². The average molecular weight is 354 g/mol. The summed E-state index contributed by atoms with van der Waals surface area (Å²) in [5.74, 6) is -0.548. The van der Waals surface area contributed by atoms with Gasteiger partial charge in [0.05, 0.1) is 11.0 Å². The first-order valence-corrected chi connectivity index (χ1v) is 8.96. The van der Waals surface area contributed by atoms with Crippen molar-refractivity contribution in [1.29, 1.82) is 0 Å². The van der Waals surface area contributed by atoms with Crippen LogP contribution in [0, 0.1) is 11.6 Å². The summed E-state index contributed by atoms with van der Waals surface area (Å²) in [5, 5.41) is 0. The quantitative estimate of drug-likeness (QED) is 0.721. The molecular formula is C20H20F2N4. The first-order chi connectivity index (χ1) is 12.6. The van der Waals surface area contributed by atoms with E-state index in [-0.39, 0.29) is 0 Å². The second kappa shape index (κ2) is 5.77. The first kappa shape index (κ1) is 15.8. The molecule has 6 rings (SSSR count). The van der Waals surface area contributed by atoms with Crippen LogP contribution in [0.5, 0.6) is 0 Å². The van der Waals surface area contributed by atoms with Crippen LogP contribution in [0.2, 0.25) is 0 Å². The molecule has 0 spiro atoms. The van der Waals surface area contributed by atoms with E-state index in [0.717, 1.165) is 42.1 Å². The monoisotopic (exact) mass is 354 g/mol. The molecule has 2 bridgehead atoms. The Balaban J connectivity index is 1.33. The normalized spacial score (nSPS) is 22.7. The number of nitrogens with zero attached hydrogens (tertiary/aromatic N) is 4. The van der Waals surface area contributed by atoms with Crippen LogP contribution < -0.4 is 4.90 Å². The molecule has 1 aromatic heterocycles. The van der Waals surface area contributed by atoms with E-state index in [1.165, 1.54) is 12.1 Å². The number of hydrogen-bond acceptors (Lipinski definition) is 3. The van der Waals surface area contributed by atoms with Crippen molar-refractivity contribution < 1.29 is 8.78 Å². The number of imidazole rings is 1. The highest BCUT2D eigenvalue weighted by Gasteiger charge is 2.45. The molecule has 3 saturated heterocycles. The Morgan fingerprint density at radius 2 is 1.81 bits per heavy atom. The number of aromatic nitrogens is 2. The molecule has 6 heteroatoms. The number of halogens is 2. The molecule has 2 aromatic carbocycles. The second-order valence-electron chi connectivity index (χ2n) is 7.33. The third-order valence-corrected chi connectivity index (χ3v) is 5.74. The molecule has 3 fully saturated rings. The van der Waals surface area contributed by atoms with E-state index in [0.29, 0.717) is 18.6 Å². The van der Waals surface area contributed by atoms with E-state index >= 15 is 0 Å². The Hall–Kier alpha value is -2.47. The molecule has 0 saturated carbocycles. The number of benzene rings is 2. The fourth-order valence-corrected chi connectivity index (χ4v) is 4.37. The van der Waals surface area contributed by atoms with Crippen molar-refractivity contribution >= 4 is 17.0 Å². The fraction of sp³-hybridized carbons (Fsp3) is 0.350. The second-order valence-corrected chi connectivity index (χ2v) is 7.33. The maximum absolute atomic E-state index is 13.5. The largest absolute Gasteiger partial charge is 0.339 e. The smallest absolute Gasteiger partial charge is 0.206 e. The summed E-state index contributed by atoms with van der Waals surface area (Å²) in [6.45, 7) is 2.50. The van der Waals surface area contributed by atoms with E-state index in [1.54, 1.807) is 6.07 Å². The number of piperazine rings is 1. The van der Waals surface area contributed by atoms with E-state index < -0.39 is 11.6 Å². The summed E-state index contributed by atoms with van der Waals surface area (Å²) in [5.41, 5.74) is 2.98. The predicted octanol–water partition coefficient (Wildman–Crippen LogP) is 3.31. The average Bonchev–Trinajstić information content (AvgIpc) is 3.00. The lowest BCUT2D eigenvalue weighted by atomic mass is 9.87. The molecule has 0 N–H and O–H groups in total. The predicted molar refractivity (Wildman–Crippen MR) is 97.0 cm³/mol. The van der Waals surface area contributed by atoms with Crippen LogP contribution in [-0.2, 0) is 13.6 Å². The van der Waals surface area contributed by atoms with Gasteiger partial charge in [-0.2, -0.15) is 0 Å². The summed E-state index contributed by atoms with van der Waals surface area (Å²) in [7, 11) is 2.06. The van der Waals surface area contributed by atoms with E-state index in [9.17, 15) is 8.78 Å². The van der Waals surface area contributed by atoms with Gasteiger partial charge in [0.1, 0.15) is 0 Å². The number of para-hydroxylation sites is 2. The molecule has 0 aliphatic carbocycles. The molecule has 3 aromatic rings. The molecule has 4 nitrogen and oxygen atoms in total. The van der Waals surface area contributed by atoms with Crippen molar-refractivity contribution in [3.8, 4) is 0 Å². The lowest BCUT2D eigenvalue weighted by molar-refractivity contribution is -0.00915. The third kappa shape index (κ3) is 2.40. The van der Waals surface area contributed by atoms with Gasteiger partial charge in [0, 0.05) is 38.8 Å². The third-order valence-electron chi connectivity index (χ3n) is 5.74. The lowest BCUT2D eigenvalue weighted by Crippen LogP contribution is -2.68. The van der Waals surface area contributed by atoms with E-state index in [4.69, 9.17) is 4.98 Å². The van der Waals surface area contributed by atoms with Crippen molar-refractivity contribution in [2.24, 2.45) is 7.05 Å². The van der Waals surface area contributed by atoms with Crippen LogP contribution in [0.25, 0.3) is 11.0 Å². The number of aryl methyl sites for hydroxylation is 1. The standard InChI is InChI=1S/C20H20F2N4/c1-24-19-5-3-2-4-18(19)23-20(24)25-11-14-9-15(12-25)26(14)10-13-6-7-16(21)17(22)8-13/h2-8,14-15H,9-12H2,1H3. The molecule has 134 valence electrons. The maximum atomic E-state index is 13.5. The molecule has 0 amide bonds. The Morgan fingerprint density at radius 3 is 2.54 bits per heavy atom. The van der Waals surface area contributed by atoms with Gasteiger partial charge in [-0.05, 0) is 36.2 Å². The Kier molecular flexibility index (Phi) is 3.50. The van der Waals surface area contributed by atoms with Crippen LogP contribution in [0.15, 0.2) is 42.5 Å². The van der Waals surface area contributed by atoms with Crippen LogP contribution in [0.4, 0.5) is 14.7 Å². The number of rotatable bonds is 3. The molecule has 3 aliphatic heterocycles. The van der Waals surface area contributed by atoms with E-state index in [2.05, 4.69) is 27.5 Å². The SMILES string of the molecule is Cn1c(N2CC3CC(C2)N3Cc2ccc(F)c(F)c2)nc2ccccc21. The highest BCUT2D eigenvalue weighted by molar-refractivity contribution is 5.78. The highest BCUT2D eigenvalue weighted by atomic mass is 19.2. The highest BCUT2D eigenvalue weighted by Crippen LogP contribution is 2.36. The first-order valence-electron chi connectivity index (χ1n) is 8.96. The summed E-state index contributed by atoms with van der Waals surface area (Å²) in [4.78, 5) is 9.54. The van der Waals surface area contributed by atoms with Crippen molar-refractivity contribution in [2.45, 2.75) is 25.0 Å². The van der Waals surface area contributed by atoms with Crippen LogP contribution >= 0.6 is 0 Å². The Labute approximate surface area is 150 Å². The molecule has 2 atom stereocenters. The van der Waals surface area contributed by atoms with Gasteiger partial charge in [0.25, 0.3) is 0 Å². The maximum Gasteiger partial charge on any atom is 0.206 e. The zero-order chi connectivity index (χ0) is 17.8. The fourth-order valence-electron chi connectivity index (χ4n) is 4.37. The minimum Gasteiger partial charge on any atom is -0.339 e. The Morgan fingerprint density at radius 1 is 1.04 bits per heavy atom. The molecule has 0 radical (unpaired) electrons. The lowest BCUT2D eigenvalue weighted by Gasteiger charge is -2.56. The molecule has 26 heavy (non-hydrogen) atoms. The van der Waals surface area contributed by atoms with Gasteiger partial charge in [-0.1, -0.05) is 18.2 Å². The molecule has 3 aliphatic rings. The molecule has 4 heterocycles. The minimum atomic E-state index is -0.787. The zero-order valence-corrected chi connectivity index (χ0v) is 14.6. The van der Waals surface area contributed by atoms with Crippen LogP contribution in [0.3, 0.4) is 0 Å². The Bertz CT molecular complexity index is 971. The molecular weight excluding hydrogens is 334 g/mol. The number of piperidine rings is 1. The van der Waals surface area contributed by atoms with Gasteiger partial charge in [0.2, 0.25) is 5.95 Å². The number of hydrogen-bond donors (Lipinski definition) is 0. The van der Waals surface area contributed by atoms with Gasteiger partial charge in [-0.25, -0.2) is 13.8 Å². The summed E-state index contributed by atoms with van der Waals surface area (Å²) in [6.07, 6.45) is 1.16. The summed E-state index contributed by atoms with van der Waals surface area (Å²) in [6, 6.07) is 13.2.